The van der Waals surface area contributed by atoms with Crippen LogP contribution in [0.25, 0.3) is 0 Å². The van der Waals surface area contributed by atoms with Gasteiger partial charge in [0.2, 0.25) is 0 Å². The van der Waals surface area contributed by atoms with Crippen molar-refractivity contribution in [1.29, 1.82) is 0 Å². The van der Waals surface area contributed by atoms with Crippen LogP contribution in [0.4, 0.5) is 4.39 Å². The zero-order chi connectivity index (χ0) is 15.4. The molecule has 0 aliphatic rings. The zero-order valence-electron chi connectivity index (χ0n) is 11.7. The summed E-state index contributed by atoms with van der Waals surface area (Å²) in [6.07, 6.45) is 0. The van der Waals surface area contributed by atoms with E-state index in [1.54, 1.807) is 13.2 Å². The lowest BCUT2D eigenvalue weighted by atomic mass is 10.1. The third-order valence-corrected chi connectivity index (χ3v) is 3.61. The first-order valence-electron chi connectivity index (χ1n) is 6.41. The van der Waals surface area contributed by atoms with Crippen LogP contribution in [0.5, 0.6) is 5.75 Å². The molecule has 2 aromatic rings. The van der Waals surface area contributed by atoms with Gasteiger partial charge in [-0.3, -0.25) is 4.79 Å². The molecule has 0 radical (unpaired) electrons. The lowest BCUT2D eigenvalue weighted by molar-refractivity contribution is 0.0935. The van der Waals surface area contributed by atoms with Crippen molar-refractivity contribution in [3.63, 3.8) is 0 Å². The predicted molar refractivity (Wildman–Crippen MR) is 83.0 cm³/mol. The summed E-state index contributed by atoms with van der Waals surface area (Å²) in [6, 6.07) is 11.5. The SMILES string of the molecule is COc1cccc([C@@H](C)NC(=O)c2ccc(Br)cc2F)c1. The van der Waals surface area contributed by atoms with Gasteiger partial charge < -0.3 is 10.1 Å². The third kappa shape index (κ3) is 3.82. The molecule has 21 heavy (non-hydrogen) atoms. The summed E-state index contributed by atoms with van der Waals surface area (Å²) in [5.74, 6) is -0.293. The highest BCUT2D eigenvalue weighted by atomic mass is 79.9. The summed E-state index contributed by atoms with van der Waals surface area (Å²) in [4.78, 5) is 12.1. The maximum atomic E-state index is 13.8. The van der Waals surface area contributed by atoms with E-state index < -0.39 is 11.7 Å². The summed E-state index contributed by atoms with van der Waals surface area (Å²) in [5, 5.41) is 2.77. The molecule has 1 atom stereocenters. The molecular weight excluding hydrogens is 337 g/mol. The largest absolute Gasteiger partial charge is 0.497 e. The minimum atomic E-state index is -0.556. The normalized spacial score (nSPS) is 11.8. The Balaban J connectivity index is 2.14. The molecule has 0 bridgehead atoms. The van der Waals surface area contributed by atoms with Crippen LogP contribution in [-0.2, 0) is 0 Å². The van der Waals surface area contributed by atoms with Gasteiger partial charge in [-0.2, -0.15) is 0 Å². The van der Waals surface area contributed by atoms with E-state index in [4.69, 9.17) is 4.74 Å². The molecule has 1 N–H and O–H groups in total. The van der Waals surface area contributed by atoms with E-state index in [1.807, 2.05) is 31.2 Å². The minimum absolute atomic E-state index is 0.0212. The van der Waals surface area contributed by atoms with Crippen molar-refractivity contribution >= 4 is 21.8 Å². The molecule has 3 nitrogen and oxygen atoms in total. The molecule has 0 spiro atoms. The molecule has 0 saturated carbocycles. The second-order valence-corrected chi connectivity index (χ2v) is 5.51. The summed E-state index contributed by atoms with van der Waals surface area (Å²) >= 11 is 3.16. The number of benzene rings is 2. The van der Waals surface area contributed by atoms with Gasteiger partial charge in [-0.1, -0.05) is 28.1 Å². The van der Waals surface area contributed by atoms with Gasteiger partial charge in [0.05, 0.1) is 18.7 Å². The highest BCUT2D eigenvalue weighted by Gasteiger charge is 2.15. The molecule has 110 valence electrons. The number of rotatable bonds is 4. The topological polar surface area (TPSA) is 38.3 Å². The Morgan fingerprint density at radius 2 is 2.05 bits per heavy atom. The highest BCUT2D eigenvalue weighted by molar-refractivity contribution is 9.10. The first-order valence-corrected chi connectivity index (χ1v) is 7.20. The van der Waals surface area contributed by atoms with Gasteiger partial charge >= 0.3 is 0 Å². The first-order chi connectivity index (χ1) is 10.0. The lowest BCUT2D eigenvalue weighted by Gasteiger charge is -2.15. The highest BCUT2D eigenvalue weighted by Crippen LogP contribution is 2.20. The van der Waals surface area contributed by atoms with Crippen LogP contribution in [0.2, 0.25) is 0 Å². The van der Waals surface area contributed by atoms with E-state index in [9.17, 15) is 9.18 Å². The molecule has 0 unspecified atom stereocenters. The van der Waals surface area contributed by atoms with E-state index in [2.05, 4.69) is 21.2 Å². The van der Waals surface area contributed by atoms with Crippen LogP contribution in [0.3, 0.4) is 0 Å². The second-order valence-electron chi connectivity index (χ2n) is 4.60. The van der Waals surface area contributed by atoms with Gasteiger partial charge in [0.15, 0.2) is 0 Å². The number of amides is 1. The van der Waals surface area contributed by atoms with Crippen LogP contribution in [-0.4, -0.2) is 13.0 Å². The molecule has 0 aromatic heterocycles. The first kappa shape index (κ1) is 15.5. The van der Waals surface area contributed by atoms with Crippen molar-refractivity contribution in [3.05, 3.63) is 63.9 Å². The fourth-order valence-electron chi connectivity index (χ4n) is 1.94. The van der Waals surface area contributed by atoms with Crippen molar-refractivity contribution in [2.75, 3.05) is 7.11 Å². The van der Waals surface area contributed by atoms with Crippen molar-refractivity contribution in [1.82, 2.24) is 5.32 Å². The van der Waals surface area contributed by atoms with Crippen LogP contribution in [0.1, 0.15) is 28.9 Å². The number of carbonyl (C=O) groups excluding carboxylic acids is 1. The Morgan fingerprint density at radius 3 is 2.71 bits per heavy atom. The maximum Gasteiger partial charge on any atom is 0.254 e. The van der Waals surface area contributed by atoms with Crippen LogP contribution < -0.4 is 10.1 Å². The third-order valence-electron chi connectivity index (χ3n) is 3.12. The predicted octanol–water partition coefficient (Wildman–Crippen LogP) is 4.09. The Labute approximate surface area is 131 Å². The van der Waals surface area contributed by atoms with Gasteiger partial charge in [0.1, 0.15) is 11.6 Å². The molecule has 0 saturated heterocycles. The lowest BCUT2D eigenvalue weighted by Crippen LogP contribution is -2.27. The van der Waals surface area contributed by atoms with Crippen molar-refractivity contribution in [2.45, 2.75) is 13.0 Å². The monoisotopic (exact) mass is 351 g/mol. The molecule has 5 heteroatoms. The fraction of sp³-hybridized carbons (Fsp3) is 0.188. The molecule has 0 aliphatic carbocycles. The number of halogens is 2. The standard InChI is InChI=1S/C16H15BrFNO2/c1-10(11-4-3-5-13(8-11)21-2)19-16(20)14-7-6-12(17)9-15(14)18/h3-10H,1-2H3,(H,19,20)/t10-/m1/s1. The molecule has 0 aliphatic heterocycles. The van der Waals surface area contributed by atoms with Crippen LogP contribution >= 0.6 is 15.9 Å². The number of carbonyl (C=O) groups is 1. The Hall–Kier alpha value is -1.88. The van der Waals surface area contributed by atoms with Gasteiger partial charge in [-0.25, -0.2) is 4.39 Å². The molecule has 1 amide bonds. The fourth-order valence-corrected chi connectivity index (χ4v) is 2.28. The average molecular weight is 352 g/mol. The van der Waals surface area contributed by atoms with E-state index in [0.717, 1.165) is 5.56 Å². The van der Waals surface area contributed by atoms with E-state index >= 15 is 0 Å². The molecule has 0 heterocycles. The van der Waals surface area contributed by atoms with Crippen molar-refractivity contribution in [3.8, 4) is 5.75 Å². The Bertz CT molecular complexity index is 660. The van der Waals surface area contributed by atoms with Gasteiger partial charge in [-0.15, -0.1) is 0 Å². The van der Waals surface area contributed by atoms with E-state index in [1.165, 1.54) is 12.1 Å². The number of hydrogen-bond donors (Lipinski definition) is 1. The van der Waals surface area contributed by atoms with Gasteiger partial charge in [0, 0.05) is 4.47 Å². The summed E-state index contributed by atoms with van der Waals surface area (Å²) in [6.45, 7) is 1.84. The maximum absolute atomic E-state index is 13.8. The quantitative estimate of drug-likeness (QED) is 0.900. The Kier molecular flexibility index (Phi) is 4.96. The molecule has 2 rings (SSSR count). The van der Waals surface area contributed by atoms with Crippen LogP contribution in [0, 0.1) is 5.82 Å². The van der Waals surface area contributed by atoms with E-state index in [0.29, 0.717) is 10.2 Å². The number of ether oxygens (including phenoxy) is 1. The average Bonchev–Trinajstić information content (AvgIpc) is 2.47. The summed E-state index contributed by atoms with van der Waals surface area (Å²) < 4.78 is 19.5. The van der Waals surface area contributed by atoms with Gasteiger partial charge in [-0.05, 0) is 42.8 Å². The van der Waals surface area contributed by atoms with Gasteiger partial charge in [0.25, 0.3) is 5.91 Å². The van der Waals surface area contributed by atoms with Crippen LogP contribution in [0.15, 0.2) is 46.9 Å². The summed E-state index contributed by atoms with van der Waals surface area (Å²) in [7, 11) is 1.58. The zero-order valence-corrected chi connectivity index (χ0v) is 13.3. The number of methoxy groups -OCH3 is 1. The smallest absolute Gasteiger partial charge is 0.254 e. The van der Waals surface area contributed by atoms with E-state index in [-0.39, 0.29) is 11.6 Å². The molecule has 0 fully saturated rings. The number of hydrogen-bond acceptors (Lipinski definition) is 2. The molecule has 2 aromatic carbocycles. The molecular formula is C16H15BrFNO2. The van der Waals surface area contributed by atoms with Crippen molar-refractivity contribution < 1.29 is 13.9 Å². The second kappa shape index (κ2) is 6.72. The Morgan fingerprint density at radius 1 is 1.29 bits per heavy atom. The minimum Gasteiger partial charge on any atom is -0.497 e. The number of nitrogens with one attached hydrogen (secondary N) is 1. The summed E-state index contributed by atoms with van der Waals surface area (Å²) in [5.41, 5.74) is 0.910. The van der Waals surface area contributed by atoms with Crippen molar-refractivity contribution in [2.24, 2.45) is 0 Å².